The van der Waals surface area contributed by atoms with E-state index < -0.39 is 5.97 Å². The van der Waals surface area contributed by atoms with E-state index in [1.54, 1.807) is 0 Å². The molecule has 2 aliphatic heterocycles. The summed E-state index contributed by atoms with van der Waals surface area (Å²) in [5, 5.41) is 8.66. The fraction of sp³-hybridized carbons (Fsp3) is 0.818. The van der Waals surface area contributed by atoms with Crippen LogP contribution >= 0.6 is 0 Å². The Labute approximate surface area is 92.7 Å². The van der Waals surface area contributed by atoms with Crippen molar-refractivity contribution in [1.29, 1.82) is 0 Å². The summed E-state index contributed by atoms with van der Waals surface area (Å²) in [5.74, 6) is -0.519. The lowest BCUT2D eigenvalue weighted by atomic mass is 9.76. The Morgan fingerprint density at radius 3 is 2.94 bits per heavy atom. The zero-order valence-corrected chi connectivity index (χ0v) is 8.85. The Balaban J connectivity index is 1.65. The molecule has 0 aromatic heterocycles. The molecule has 4 atom stereocenters. The third kappa shape index (κ3) is 1.64. The average molecular weight is 226 g/mol. The molecule has 3 rings (SSSR count). The molecule has 0 amide bonds. The topological polar surface area (TPSA) is 79.4 Å². The molecule has 88 valence electrons. The molecule has 0 aromatic carbocycles. The molecule has 0 radical (unpaired) electrons. The maximum absolute atomic E-state index is 11.4. The van der Waals surface area contributed by atoms with Crippen LogP contribution in [-0.2, 0) is 19.1 Å². The molecule has 16 heavy (non-hydrogen) atoms. The second kappa shape index (κ2) is 3.28. The van der Waals surface area contributed by atoms with Crippen molar-refractivity contribution < 1.29 is 24.2 Å². The van der Waals surface area contributed by atoms with E-state index >= 15 is 0 Å². The lowest BCUT2D eigenvalue weighted by molar-refractivity contribution is -0.137. The van der Waals surface area contributed by atoms with Gasteiger partial charge in [-0.15, -0.1) is 0 Å². The number of epoxide rings is 2. The van der Waals surface area contributed by atoms with E-state index in [0.29, 0.717) is 19.4 Å². The van der Waals surface area contributed by atoms with Crippen molar-refractivity contribution in [1.82, 2.24) is 0 Å². The van der Waals surface area contributed by atoms with E-state index in [-0.39, 0.29) is 35.9 Å². The van der Waals surface area contributed by atoms with Crippen LogP contribution < -0.4 is 0 Å². The first kappa shape index (κ1) is 10.2. The first-order valence-electron chi connectivity index (χ1n) is 5.64. The summed E-state index contributed by atoms with van der Waals surface area (Å²) in [4.78, 5) is 22.0. The van der Waals surface area contributed by atoms with E-state index in [9.17, 15) is 9.59 Å². The molecule has 5 heteroatoms. The van der Waals surface area contributed by atoms with Crippen LogP contribution in [0.25, 0.3) is 0 Å². The van der Waals surface area contributed by atoms with Gasteiger partial charge in [0.2, 0.25) is 0 Å². The highest BCUT2D eigenvalue weighted by atomic mass is 16.6. The molecule has 2 heterocycles. The molecule has 1 aliphatic carbocycles. The van der Waals surface area contributed by atoms with Crippen LogP contribution in [0.5, 0.6) is 0 Å². The Kier molecular flexibility index (Phi) is 2.09. The lowest BCUT2D eigenvalue weighted by Crippen LogP contribution is -2.37. The van der Waals surface area contributed by atoms with Gasteiger partial charge in [0.15, 0.2) is 0 Å². The fourth-order valence-electron chi connectivity index (χ4n) is 2.78. The van der Waals surface area contributed by atoms with Crippen LogP contribution in [0.15, 0.2) is 0 Å². The highest BCUT2D eigenvalue weighted by molar-refractivity contribution is 5.80. The van der Waals surface area contributed by atoms with Crippen LogP contribution in [0.3, 0.4) is 0 Å². The van der Waals surface area contributed by atoms with Crippen LogP contribution in [0, 0.1) is 5.92 Å². The molecule has 0 aromatic rings. The number of Topliss-reactive ketones (excluding diaryl/α,β-unsaturated/α-hetero) is 1. The van der Waals surface area contributed by atoms with E-state index in [1.807, 2.05) is 0 Å². The Morgan fingerprint density at radius 1 is 1.56 bits per heavy atom. The van der Waals surface area contributed by atoms with E-state index in [2.05, 4.69) is 0 Å². The van der Waals surface area contributed by atoms with Gasteiger partial charge < -0.3 is 14.6 Å². The minimum atomic E-state index is -0.847. The normalized spacial score (nSPS) is 45.8. The molecular formula is C11H14O5. The first-order chi connectivity index (χ1) is 7.61. The molecule has 1 spiro atoms. The predicted molar refractivity (Wildman–Crippen MR) is 51.9 cm³/mol. The smallest absolute Gasteiger partial charge is 0.306 e. The first-order valence-corrected chi connectivity index (χ1v) is 5.64. The third-order valence-electron chi connectivity index (χ3n) is 3.86. The monoisotopic (exact) mass is 226 g/mol. The van der Waals surface area contributed by atoms with E-state index in [4.69, 9.17) is 14.6 Å². The lowest BCUT2D eigenvalue weighted by Gasteiger charge is -2.26. The summed E-state index contributed by atoms with van der Waals surface area (Å²) in [6, 6.07) is 0. The van der Waals surface area contributed by atoms with Crippen LogP contribution in [0.2, 0.25) is 0 Å². The van der Waals surface area contributed by atoms with Gasteiger partial charge in [-0.1, -0.05) is 0 Å². The number of ether oxygens (including phenoxy) is 2. The molecule has 5 nitrogen and oxygen atoms in total. The summed E-state index contributed by atoms with van der Waals surface area (Å²) >= 11 is 0. The van der Waals surface area contributed by atoms with Crippen molar-refractivity contribution in [3.05, 3.63) is 0 Å². The predicted octanol–water partition coefficient (Wildman–Crippen LogP) is 0.367. The number of carboxylic acid groups (broad SMARTS) is 1. The van der Waals surface area contributed by atoms with Crippen molar-refractivity contribution in [3.8, 4) is 0 Å². The SMILES string of the molecule is O=C(O)CC1OC1C1CC(=O)CC[C@]12CO2. The van der Waals surface area contributed by atoms with Gasteiger partial charge in [0.1, 0.15) is 5.78 Å². The molecule has 0 bridgehead atoms. The van der Waals surface area contributed by atoms with Gasteiger partial charge in [0.05, 0.1) is 30.8 Å². The fourth-order valence-corrected chi connectivity index (χ4v) is 2.78. The van der Waals surface area contributed by atoms with Crippen molar-refractivity contribution in [3.63, 3.8) is 0 Å². The largest absolute Gasteiger partial charge is 0.481 e. The maximum atomic E-state index is 11.4. The zero-order chi connectivity index (χ0) is 11.3. The second-order valence-electron chi connectivity index (χ2n) is 4.94. The molecule has 1 N–H and O–H groups in total. The third-order valence-corrected chi connectivity index (χ3v) is 3.86. The van der Waals surface area contributed by atoms with Gasteiger partial charge in [-0.2, -0.15) is 0 Å². The standard InChI is InChI=1S/C11H14O5/c12-6-1-2-11(5-15-11)7(3-6)10-8(16-10)4-9(13)14/h7-8,10H,1-5H2,(H,13,14)/t7?,8?,10?,11-/m0/s1. The van der Waals surface area contributed by atoms with E-state index in [1.165, 1.54) is 0 Å². The van der Waals surface area contributed by atoms with Gasteiger partial charge in [-0.3, -0.25) is 9.59 Å². The minimum Gasteiger partial charge on any atom is -0.481 e. The molecule has 3 unspecified atom stereocenters. The molecule has 3 fully saturated rings. The summed E-state index contributed by atoms with van der Waals surface area (Å²) in [7, 11) is 0. The highest BCUT2D eigenvalue weighted by Gasteiger charge is 2.62. The Hall–Kier alpha value is -0.940. The number of hydrogen-bond donors (Lipinski definition) is 1. The van der Waals surface area contributed by atoms with Crippen molar-refractivity contribution in [2.24, 2.45) is 5.92 Å². The summed E-state index contributed by atoms with van der Waals surface area (Å²) in [6.07, 6.45) is 1.59. The van der Waals surface area contributed by atoms with Crippen molar-refractivity contribution in [2.45, 2.75) is 43.5 Å². The number of carbonyl (C=O) groups is 2. The molecule has 3 aliphatic rings. The van der Waals surface area contributed by atoms with Gasteiger partial charge in [0, 0.05) is 18.8 Å². The zero-order valence-electron chi connectivity index (χ0n) is 8.85. The minimum absolute atomic E-state index is 0.0332. The van der Waals surface area contributed by atoms with Crippen LogP contribution in [0.4, 0.5) is 0 Å². The quantitative estimate of drug-likeness (QED) is 0.703. The number of ketones is 1. The van der Waals surface area contributed by atoms with Gasteiger partial charge in [-0.25, -0.2) is 0 Å². The van der Waals surface area contributed by atoms with Crippen LogP contribution in [-0.4, -0.2) is 41.3 Å². The number of hydrogen-bond acceptors (Lipinski definition) is 4. The summed E-state index contributed by atoms with van der Waals surface area (Å²) < 4.78 is 10.9. The van der Waals surface area contributed by atoms with Crippen molar-refractivity contribution in [2.75, 3.05) is 6.61 Å². The molecule has 2 saturated heterocycles. The Morgan fingerprint density at radius 2 is 2.31 bits per heavy atom. The molecule has 1 saturated carbocycles. The number of rotatable bonds is 3. The summed E-state index contributed by atoms with van der Waals surface area (Å²) in [6.45, 7) is 0.699. The van der Waals surface area contributed by atoms with Gasteiger partial charge in [-0.05, 0) is 6.42 Å². The average Bonchev–Trinajstić information content (AvgIpc) is 3.08. The number of carboxylic acids is 1. The van der Waals surface area contributed by atoms with Crippen LogP contribution in [0.1, 0.15) is 25.7 Å². The summed E-state index contributed by atoms with van der Waals surface area (Å²) in [5.41, 5.74) is -0.161. The maximum Gasteiger partial charge on any atom is 0.306 e. The number of carbonyl (C=O) groups excluding carboxylic acids is 1. The van der Waals surface area contributed by atoms with E-state index in [0.717, 1.165) is 6.42 Å². The number of aliphatic carboxylic acids is 1. The highest BCUT2D eigenvalue weighted by Crippen LogP contribution is 2.51. The Bertz CT molecular complexity index is 346. The van der Waals surface area contributed by atoms with Crippen molar-refractivity contribution >= 4 is 11.8 Å². The van der Waals surface area contributed by atoms with Gasteiger partial charge in [0.25, 0.3) is 0 Å². The second-order valence-corrected chi connectivity index (χ2v) is 4.94. The van der Waals surface area contributed by atoms with Gasteiger partial charge >= 0.3 is 5.97 Å². The molecular weight excluding hydrogens is 212 g/mol.